The third kappa shape index (κ3) is 2.67. The van der Waals surface area contributed by atoms with Gasteiger partial charge in [0.05, 0.1) is 11.1 Å². The molecule has 0 saturated carbocycles. The van der Waals surface area contributed by atoms with Crippen molar-refractivity contribution >= 4 is 17.7 Å². The number of hydrogen-bond donors (Lipinski definition) is 2. The summed E-state index contributed by atoms with van der Waals surface area (Å²) >= 11 is 0. The van der Waals surface area contributed by atoms with Crippen molar-refractivity contribution in [2.24, 2.45) is 0 Å². The van der Waals surface area contributed by atoms with E-state index >= 15 is 0 Å². The van der Waals surface area contributed by atoms with E-state index in [4.69, 9.17) is 0 Å². The Morgan fingerprint density at radius 1 is 1.24 bits per heavy atom. The summed E-state index contributed by atoms with van der Waals surface area (Å²) in [7, 11) is 0. The van der Waals surface area contributed by atoms with Gasteiger partial charge in [-0.25, -0.2) is 0 Å². The number of piperidine rings is 1. The van der Waals surface area contributed by atoms with Gasteiger partial charge in [-0.05, 0) is 31.5 Å². The van der Waals surface area contributed by atoms with E-state index in [1.807, 2.05) is 0 Å². The molecule has 21 heavy (non-hydrogen) atoms. The van der Waals surface area contributed by atoms with Crippen molar-refractivity contribution in [3.05, 3.63) is 35.4 Å². The minimum absolute atomic E-state index is 0.0708. The van der Waals surface area contributed by atoms with E-state index in [1.165, 1.54) is 0 Å². The fourth-order valence-corrected chi connectivity index (χ4v) is 2.77. The van der Waals surface area contributed by atoms with Gasteiger partial charge in [0.15, 0.2) is 0 Å². The molecule has 3 amide bonds. The first kappa shape index (κ1) is 13.8. The molecule has 0 aromatic heterocycles. The minimum atomic E-state index is -0.396. The van der Waals surface area contributed by atoms with Crippen molar-refractivity contribution in [2.75, 3.05) is 19.6 Å². The number of benzene rings is 1. The molecule has 1 aromatic rings. The average molecular weight is 287 g/mol. The number of imide groups is 1. The fraction of sp³-hybridized carbons (Fsp3) is 0.400. The van der Waals surface area contributed by atoms with Gasteiger partial charge in [-0.2, -0.15) is 0 Å². The Kier molecular flexibility index (Phi) is 3.70. The van der Waals surface area contributed by atoms with Gasteiger partial charge >= 0.3 is 0 Å². The first-order valence-corrected chi connectivity index (χ1v) is 7.12. The zero-order valence-electron chi connectivity index (χ0n) is 11.6. The number of carbonyl (C=O) groups excluding carboxylic acids is 3. The Balaban J connectivity index is 1.64. The predicted molar refractivity (Wildman–Crippen MR) is 75.8 cm³/mol. The maximum atomic E-state index is 12.1. The number of carbonyl (C=O) groups is 3. The fourth-order valence-electron chi connectivity index (χ4n) is 2.77. The third-order valence-corrected chi connectivity index (χ3v) is 3.84. The molecule has 1 atom stereocenters. The lowest BCUT2D eigenvalue weighted by atomic mass is 10.1. The molecule has 6 heteroatoms. The van der Waals surface area contributed by atoms with Crippen molar-refractivity contribution in [3.63, 3.8) is 0 Å². The molecule has 110 valence electrons. The second-order valence-electron chi connectivity index (χ2n) is 5.35. The van der Waals surface area contributed by atoms with Crippen LogP contribution in [0.2, 0.25) is 0 Å². The van der Waals surface area contributed by atoms with E-state index in [2.05, 4.69) is 10.6 Å². The predicted octanol–water partition coefficient (Wildman–Crippen LogP) is 0.151. The zero-order valence-corrected chi connectivity index (χ0v) is 11.6. The third-order valence-electron chi connectivity index (χ3n) is 3.84. The lowest BCUT2D eigenvalue weighted by Gasteiger charge is -2.24. The summed E-state index contributed by atoms with van der Waals surface area (Å²) in [5.41, 5.74) is 0.740. The summed E-state index contributed by atoms with van der Waals surface area (Å²) < 4.78 is 0. The standard InChI is InChI=1S/C15H17N3O3/c19-13(17-10-4-3-7-16-8-10)9-18-14(20)11-5-1-2-6-12(11)15(18)21/h1-2,5-6,10,16H,3-4,7-9H2,(H,17,19)/t10-/m0/s1. The summed E-state index contributed by atoms with van der Waals surface area (Å²) in [5, 5.41) is 6.07. The van der Waals surface area contributed by atoms with Crippen molar-refractivity contribution < 1.29 is 14.4 Å². The summed E-state index contributed by atoms with van der Waals surface area (Å²) in [6, 6.07) is 6.71. The molecule has 2 aliphatic rings. The largest absolute Gasteiger partial charge is 0.351 e. The average Bonchev–Trinajstić information content (AvgIpc) is 2.74. The summed E-state index contributed by atoms with van der Waals surface area (Å²) in [4.78, 5) is 37.3. The van der Waals surface area contributed by atoms with Crippen LogP contribution in [-0.4, -0.2) is 48.3 Å². The molecular formula is C15H17N3O3. The smallest absolute Gasteiger partial charge is 0.262 e. The minimum Gasteiger partial charge on any atom is -0.351 e. The van der Waals surface area contributed by atoms with Crippen molar-refractivity contribution in [3.8, 4) is 0 Å². The molecule has 0 spiro atoms. The molecule has 1 fully saturated rings. The van der Waals surface area contributed by atoms with Crippen molar-refractivity contribution in [2.45, 2.75) is 18.9 Å². The maximum Gasteiger partial charge on any atom is 0.262 e. The Morgan fingerprint density at radius 2 is 1.90 bits per heavy atom. The molecule has 2 aliphatic heterocycles. The van der Waals surface area contributed by atoms with Gasteiger partial charge in [0.25, 0.3) is 11.8 Å². The molecule has 1 saturated heterocycles. The van der Waals surface area contributed by atoms with Crippen LogP contribution in [0.4, 0.5) is 0 Å². The number of fused-ring (bicyclic) bond motifs is 1. The molecule has 2 N–H and O–H groups in total. The van der Waals surface area contributed by atoms with Crippen LogP contribution >= 0.6 is 0 Å². The quantitative estimate of drug-likeness (QED) is 0.776. The first-order valence-electron chi connectivity index (χ1n) is 7.12. The Hall–Kier alpha value is -2.21. The van der Waals surface area contributed by atoms with Gasteiger partial charge in [-0.3, -0.25) is 19.3 Å². The summed E-state index contributed by atoms with van der Waals surface area (Å²) in [6.45, 7) is 1.47. The second-order valence-corrected chi connectivity index (χ2v) is 5.35. The lowest BCUT2D eigenvalue weighted by Crippen LogP contribution is -2.49. The van der Waals surface area contributed by atoms with Gasteiger partial charge in [0.1, 0.15) is 6.54 Å². The molecule has 0 aliphatic carbocycles. The van der Waals surface area contributed by atoms with Crippen molar-refractivity contribution in [1.82, 2.24) is 15.5 Å². The molecule has 0 unspecified atom stereocenters. The number of hydrogen-bond acceptors (Lipinski definition) is 4. The molecule has 0 bridgehead atoms. The van der Waals surface area contributed by atoms with Gasteiger partial charge in [-0.15, -0.1) is 0 Å². The Bertz CT molecular complexity index is 559. The molecule has 0 radical (unpaired) electrons. The highest BCUT2D eigenvalue weighted by molar-refractivity contribution is 6.22. The lowest BCUT2D eigenvalue weighted by molar-refractivity contribution is -0.122. The number of amides is 3. The first-order chi connectivity index (χ1) is 10.2. The van der Waals surface area contributed by atoms with Crippen LogP contribution < -0.4 is 10.6 Å². The monoisotopic (exact) mass is 287 g/mol. The van der Waals surface area contributed by atoms with Crippen LogP contribution in [0.3, 0.4) is 0 Å². The van der Waals surface area contributed by atoms with E-state index < -0.39 is 11.8 Å². The van der Waals surface area contributed by atoms with E-state index in [0.717, 1.165) is 30.8 Å². The maximum absolute atomic E-state index is 12.1. The highest BCUT2D eigenvalue weighted by atomic mass is 16.2. The van der Waals surface area contributed by atoms with Crippen LogP contribution in [0.15, 0.2) is 24.3 Å². The van der Waals surface area contributed by atoms with Crippen LogP contribution in [-0.2, 0) is 4.79 Å². The van der Waals surface area contributed by atoms with E-state index in [1.54, 1.807) is 24.3 Å². The van der Waals surface area contributed by atoms with Crippen LogP contribution in [0.5, 0.6) is 0 Å². The van der Waals surface area contributed by atoms with E-state index in [-0.39, 0.29) is 18.5 Å². The number of nitrogens with zero attached hydrogens (tertiary/aromatic N) is 1. The topological polar surface area (TPSA) is 78.5 Å². The van der Waals surface area contributed by atoms with E-state index in [0.29, 0.717) is 11.1 Å². The Labute approximate surface area is 122 Å². The number of rotatable bonds is 3. The number of nitrogens with one attached hydrogen (secondary N) is 2. The molecule has 6 nitrogen and oxygen atoms in total. The highest BCUT2D eigenvalue weighted by Gasteiger charge is 2.36. The van der Waals surface area contributed by atoms with Crippen LogP contribution in [0.25, 0.3) is 0 Å². The Morgan fingerprint density at radius 3 is 2.48 bits per heavy atom. The van der Waals surface area contributed by atoms with Gasteiger partial charge < -0.3 is 10.6 Å². The van der Waals surface area contributed by atoms with Crippen LogP contribution in [0, 0.1) is 0 Å². The summed E-state index contributed by atoms with van der Waals surface area (Å²) in [5.74, 6) is -1.08. The van der Waals surface area contributed by atoms with Gasteiger partial charge in [-0.1, -0.05) is 12.1 Å². The van der Waals surface area contributed by atoms with E-state index in [9.17, 15) is 14.4 Å². The zero-order chi connectivity index (χ0) is 14.8. The second kappa shape index (κ2) is 5.65. The normalized spacial score (nSPS) is 21.3. The SMILES string of the molecule is O=C(CN1C(=O)c2ccccc2C1=O)N[C@H]1CCCNC1. The highest BCUT2D eigenvalue weighted by Crippen LogP contribution is 2.21. The van der Waals surface area contributed by atoms with Crippen molar-refractivity contribution in [1.29, 1.82) is 0 Å². The summed E-state index contributed by atoms with van der Waals surface area (Å²) in [6.07, 6.45) is 1.93. The molecular weight excluding hydrogens is 270 g/mol. The molecule has 3 rings (SSSR count). The van der Waals surface area contributed by atoms with Gasteiger partial charge in [0, 0.05) is 12.6 Å². The van der Waals surface area contributed by atoms with Gasteiger partial charge in [0.2, 0.25) is 5.91 Å². The molecule has 1 aromatic carbocycles. The van der Waals surface area contributed by atoms with Crippen LogP contribution in [0.1, 0.15) is 33.6 Å². The molecule has 2 heterocycles.